The maximum atomic E-state index is 12.4. The molecule has 20 heavy (non-hydrogen) atoms. The summed E-state index contributed by atoms with van der Waals surface area (Å²) in [4.78, 5) is 16.8. The number of hydrogen-bond donors (Lipinski definition) is 2. The van der Waals surface area contributed by atoms with Gasteiger partial charge in [-0.1, -0.05) is 25.1 Å². The molecule has 1 heterocycles. The van der Waals surface area contributed by atoms with Crippen LogP contribution in [0.1, 0.15) is 17.3 Å². The molecule has 0 saturated heterocycles. The third-order valence-electron chi connectivity index (χ3n) is 3.17. The van der Waals surface area contributed by atoms with E-state index in [-0.39, 0.29) is 5.91 Å². The van der Waals surface area contributed by atoms with Gasteiger partial charge >= 0.3 is 0 Å². The SMILES string of the molecule is CNc1cc(C(=O)NCC(C)SC)c2ccccc2n1. The molecule has 2 rings (SSSR count). The standard InChI is InChI=1S/C15H19N3OS/c1-10(20-3)9-17-15(19)12-8-14(16-2)18-13-7-5-4-6-11(12)13/h4-8,10H,9H2,1-3H3,(H,16,18)(H,17,19). The first-order valence-corrected chi connectivity index (χ1v) is 7.83. The molecule has 1 aromatic heterocycles. The molecule has 0 aliphatic carbocycles. The van der Waals surface area contributed by atoms with E-state index in [1.165, 1.54) is 0 Å². The first kappa shape index (κ1) is 14.7. The lowest BCUT2D eigenvalue weighted by molar-refractivity contribution is 0.0956. The van der Waals surface area contributed by atoms with Crippen molar-refractivity contribution in [3.63, 3.8) is 0 Å². The average molecular weight is 289 g/mol. The highest BCUT2D eigenvalue weighted by molar-refractivity contribution is 7.99. The number of nitrogens with one attached hydrogen (secondary N) is 2. The summed E-state index contributed by atoms with van der Waals surface area (Å²) < 4.78 is 0. The van der Waals surface area contributed by atoms with E-state index in [0.717, 1.165) is 10.9 Å². The van der Waals surface area contributed by atoms with Crippen molar-refractivity contribution in [3.05, 3.63) is 35.9 Å². The number of hydrogen-bond acceptors (Lipinski definition) is 4. The van der Waals surface area contributed by atoms with Crippen LogP contribution in [0.4, 0.5) is 5.82 Å². The molecule has 0 radical (unpaired) electrons. The van der Waals surface area contributed by atoms with Crippen LogP contribution in [-0.4, -0.2) is 36.0 Å². The van der Waals surface area contributed by atoms with Gasteiger partial charge in [-0.25, -0.2) is 4.98 Å². The molecule has 1 aromatic carbocycles. The van der Waals surface area contributed by atoms with Gasteiger partial charge in [-0.05, 0) is 18.4 Å². The minimum Gasteiger partial charge on any atom is -0.373 e. The Morgan fingerprint density at radius 3 is 2.85 bits per heavy atom. The Morgan fingerprint density at radius 1 is 1.40 bits per heavy atom. The van der Waals surface area contributed by atoms with E-state index >= 15 is 0 Å². The quantitative estimate of drug-likeness (QED) is 0.888. The van der Waals surface area contributed by atoms with Crippen molar-refractivity contribution < 1.29 is 4.79 Å². The lowest BCUT2D eigenvalue weighted by Gasteiger charge is -2.12. The van der Waals surface area contributed by atoms with Crippen LogP contribution in [0.2, 0.25) is 0 Å². The highest BCUT2D eigenvalue weighted by Gasteiger charge is 2.13. The number of fused-ring (bicyclic) bond motifs is 1. The van der Waals surface area contributed by atoms with Gasteiger partial charge in [0.05, 0.1) is 11.1 Å². The summed E-state index contributed by atoms with van der Waals surface area (Å²) in [6.07, 6.45) is 2.04. The molecule has 106 valence electrons. The van der Waals surface area contributed by atoms with Gasteiger partial charge in [0.15, 0.2) is 0 Å². The maximum absolute atomic E-state index is 12.4. The molecular formula is C15H19N3OS. The van der Waals surface area contributed by atoms with Crippen LogP contribution in [-0.2, 0) is 0 Å². The Balaban J connectivity index is 2.34. The van der Waals surface area contributed by atoms with Gasteiger partial charge in [0.2, 0.25) is 0 Å². The van der Waals surface area contributed by atoms with Gasteiger partial charge in [-0.15, -0.1) is 0 Å². The number of thioether (sulfide) groups is 1. The molecule has 0 fully saturated rings. The number of carbonyl (C=O) groups excluding carboxylic acids is 1. The Morgan fingerprint density at radius 2 is 2.15 bits per heavy atom. The third-order valence-corrected chi connectivity index (χ3v) is 4.14. The summed E-state index contributed by atoms with van der Waals surface area (Å²) in [7, 11) is 1.80. The Bertz CT molecular complexity index is 615. The number of aromatic nitrogens is 1. The second-order valence-electron chi connectivity index (χ2n) is 4.58. The fourth-order valence-corrected chi connectivity index (χ4v) is 2.16. The Kier molecular flexibility index (Phi) is 4.84. The van der Waals surface area contributed by atoms with Crippen LogP contribution >= 0.6 is 11.8 Å². The average Bonchev–Trinajstić information content (AvgIpc) is 2.50. The van der Waals surface area contributed by atoms with Crippen molar-refractivity contribution in [2.75, 3.05) is 25.2 Å². The van der Waals surface area contributed by atoms with E-state index in [4.69, 9.17) is 0 Å². The number of rotatable bonds is 5. The molecule has 1 atom stereocenters. The lowest BCUT2D eigenvalue weighted by atomic mass is 10.1. The normalized spacial score (nSPS) is 12.2. The van der Waals surface area contributed by atoms with Gasteiger partial charge in [0.25, 0.3) is 5.91 Å². The summed E-state index contributed by atoms with van der Waals surface area (Å²) in [6, 6.07) is 9.48. The second kappa shape index (κ2) is 6.61. The lowest BCUT2D eigenvalue weighted by Crippen LogP contribution is -2.29. The topological polar surface area (TPSA) is 54.0 Å². The van der Waals surface area contributed by atoms with Gasteiger partial charge < -0.3 is 10.6 Å². The number of para-hydroxylation sites is 1. The molecule has 4 nitrogen and oxygen atoms in total. The highest BCUT2D eigenvalue weighted by Crippen LogP contribution is 2.20. The van der Waals surface area contributed by atoms with Crippen LogP contribution < -0.4 is 10.6 Å². The number of amides is 1. The molecule has 0 saturated carbocycles. The first-order chi connectivity index (χ1) is 9.65. The molecule has 0 aliphatic heterocycles. The van der Waals surface area contributed by atoms with Gasteiger partial charge in [0, 0.05) is 24.2 Å². The minimum absolute atomic E-state index is 0.0546. The van der Waals surface area contributed by atoms with Crippen LogP contribution in [0.5, 0.6) is 0 Å². The van der Waals surface area contributed by atoms with E-state index in [1.807, 2.05) is 30.5 Å². The second-order valence-corrected chi connectivity index (χ2v) is 5.85. The summed E-state index contributed by atoms with van der Waals surface area (Å²) in [6.45, 7) is 2.75. The van der Waals surface area contributed by atoms with Gasteiger partial charge in [-0.3, -0.25) is 4.79 Å². The molecule has 0 spiro atoms. The van der Waals surface area contributed by atoms with Crippen molar-refractivity contribution in [3.8, 4) is 0 Å². The summed E-state index contributed by atoms with van der Waals surface area (Å²) >= 11 is 1.73. The fraction of sp³-hybridized carbons (Fsp3) is 0.333. The molecule has 1 amide bonds. The van der Waals surface area contributed by atoms with Crippen LogP contribution in [0.15, 0.2) is 30.3 Å². The molecule has 2 aromatic rings. The fourth-order valence-electron chi connectivity index (χ4n) is 1.91. The van der Waals surface area contributed by atoms with Crippen molar-refractivity contribution in [1.82, 2.24) is 10.3 Å². The Hall–Kier alpha value is -1.75. The summed E-state index contributed by atoms with van der Waals surface area (Å²) in [5.41, 5.74) is 1.48. The smallest absolute Gasteiger partial charge is 0.252 e. The number of anilines is 1. The van der Waals surface area contributed by atoms with Crippen molar-refractivity contribution in [2.24, 2.45) is 0 Å². The van der Waals surface area contributed by atoms with Crippen molar-refractivity contribution >= 4 is 34.4 Å². The summed E-state index contributed by atoms with van der Waals surface area (Å²) in [5.74, 6) is 0.646. The molecule has 5 heteroatoms. The molecule has 2 N–H and O–H groups in total. The zero-order valence-electron chi connectivity index (χ0n) is 11.9. The molecular weight excluding hydrogens is 270 g/mol. The first-order valence-electron chi connectivity index (χ1n) is 6.54. The number of benzene rings is 1. The van der Waals surface area contributed by atoms with E-state index in [1.54, 1.807) is 24.9 Å². The van der Waals surface area contributed by atoms with Crippen molar-refractivity contribution in [1.29, 1.82) is 0 Å². The predicted molar refractivity (Wildman–Crippen MR) is 86.6 cm³/mol. The highest BCUT2D eigenvalue weighted by atomic mass is 32.2. The zero-order valence-corrected chi connectivity index (χ0v) is 12.8. The van der Waals surface area contributed by atoms with Crippen molar-refractivity contribution in [2.45, 2.75) is 12.2 Å². The zero-order chi connectivity index (χ0) is 14.5. The minimum atomic E-state index is -0.0546. The number of carbonyl (C=O) groups is 1. The Labute approximate surface area is 123 Å². The summed E-state index contributed by atoms with van der Waals surface area (Å²) in [5, 5.41) is 7.25. The predicted octanol–water partition coefficient (Wildman–Crippen LogP) is 2.76. The van der Waals surface area contributed by atoms with E-state index in [2.05, 4.69) is 22.5 Å². The number of pyridine rings is 1. The molecule has 1 unspecified atom stereocenters. The van der Waals surface area contributed by atoms with Crippen LogP contribution in [0.3, 0.4) is 0 Å². The van der Waals surface area contributed by atoms with E-state index in [0.29, 0.717) is 23.2 Å². The van der Waals surface area contributed by atoms with E-state index < -0.39 is 0 Å². The molecule has 0 bridgehead atoms. The number of nitrogens with zero attached hydrogens (tertiary/aromatic N) is 1. The largest absolute Gasteiger partial charge is 0.373 e. The van der Waals surface area contributed by atoms with Gasteiger partial charge in [-0.2, -0.15) is 11.8 Å². The van der Waals surface area contributed by atoms with Crippen LogP contribution in [0.25, 0.3) is 10.9 Å². The molecule has 0 aliphatic rings. The maximum Gasteiger partial charge on any atom is 0.252 e. The van der Waals surface area contributed by atoms with Crippen LogP contribution in [0, 0.1) is 0 Å². The van der Waals surface area contributed by atoms with Gasteiger partial charge in [0.1, 0.15) is 5.82 Å². The third kappa shape index (κ3) is 3.22. The monoisotopic (exact) mass is 289 g/mol. The van der Waals surface area contributed by atoms with E-state index in [9.17, 15) is 4.79 Å².